The summed E-state index contributed by atoms with van der Waals surface area (Å²) in [5, 5.41) is 13.8. The number of halogens is 1. The van der Waals surface area contributed by atoms with Gasteiger partial charge in [-0.1, -0.05) is 61.7 Å². The highest BCUT2D eigenvalue weighted by atomic mass is 79.9. The Morgan fingerprint density at radius 2 is 1.67 bits per heavy atom. The Labute approximate surface area is 256 Å². The minimum absolute atomic E-state index is 0.0783. The number of nitrogens with zero attached hydrogens (tertiary/aromatic N) is 1. The molecule has 0 saturated carbocycles. The van der Waals surface area contributed by atoms with Crippen LogP contribution in [-0.2, 0) is 23.1 Å². The molecule has 0 amide bonds. The number of sulfonamides is 1. The van der Waals surface area contributed by atoms with Gasteiger partial charge in [0.2, 0.25) is 10.0 Å². The van der Waals surface area contributed by atoms with E-state index in [1.54, 1.807) is 30.3 Å². The molecule has 3 rings (SSSR count). The molecule has 0 saturated heterocycles. The van der Waals surface area contributed by atoms with E-state index in [1.807, 2.05) is 55.3 Å². The molecule has 0 spiro atoms. The lowest BCUT2D eigenvalue weighted by Gasteiger charge is -2.26. The summed E-state index contributed by atoms with van der Waals surface area (Å²) in [4.78, 5) is 2.03. The summed E-state index contributed by atoms with van der Waals surface area (Å²) in [6.07, 6.45) is 3.58. The number of benzene rings is 3. The summed E-state index contributed by atoms with van der Waals surface area (Å²) in [6.45, 7) is 10.5. The molecule has 3 N–H and O–H groups in total. The van der Waals surface area contributed by atoms with Gasteiger partial charge in [0.05, 0.1) is 19.1 Å². The van der Waals surface area contributed by atoms with Gasteiger partial charge >= 0.3 is 0 Å². The molecule has 0 bridgehead atoms. The van der Waals surface area contributed by atoms with E-state index in [4.69, 9.17) is 9.47 Å². The molecule has 0 unspecified atom stereocenters. The van der Waals surface area contributed by atoms with E-state index in [0.29, 0.717) is 29.2 Å². The van der Waals surface area contributed by atoms with Crippen LogP contribution in [0.2, 0.25) is 0 Å². The van der Waals surface area contributed by atoms with Gasteiger partial charge in [0.25, 0.3) is 0 Å². The molecule has 42 heavy (non-hydrogen) atoms. The second-order valence-electron chi connectivity index (χ2n) is 9.28. The van der Waals surface area contributed by atoms with Crippen molar-refractivity contribution in [3.8, 4) is 17.2 Å². The summed E-state index contributed by atoms with van der Waals surface area (Å²) < 4.78 is 39.8. The van der Waals surface area contributed by atoms with Gasteiger partial charge < -0.3 is 24.8 Å². The zero-order valence-corrected chi connectivity index (χ0v) is 26.6. The van der Waals surface area contributed by atoms with Gasteiger partial charge in [0, 0.05) is 41.9 Å². The second kappa shape index (κ2) is 14.8. The largest absolute Gasteiger partial charge is 0.507 e. The highest BCUT2D eigenvalue weighted by Gasteiger charge is 2.17. The molecule has 0 fully saturated rings. The maximum atomic E-state index is 13.0. The average Bonchev–Trinajstić information content (AvgIpc) is 3.00. The summed E-state index contributed by atoms with van der Waals surface area (Å²) in [7, 11) is 1.07. The molecular weight excluding hydrogens is 618 g/mol. The number of hydrogen-bond donors (Lipinski definition) is 3. The second-order valence-corrected chi connectivity index (χ2v) is 11.9. The normalized spacial score (nSPS) is 12.3. The number of methoxy groups -OCH3 is 2. The molecule has 0 radical (unpaired) electrons. The molecule has 222 valence electrons. The van der Waals surface area contributed by atoms with Gasteiger partial charge in [0.1, 0.15) is 11.6 Å². The van der Waals surface area contributed by atoms with Crippen LogP contribution in [0.4, 0.5) is 0 Å². The van der Waals surface area contributed by atoms with Crippen molar-refractivity contribution in [2.45, 2.75) is 24.9 Å². The zero-order valence-electron chi connectivity index (χ0n) is 24.1. The number of phenols is 1. The molecule has 0 heterocycles. The predicted molar refractivity (Wildman–Crippen MR) is 172 cm³/mol. The first-order valence-corrected chi connectivity index (χ1v) is 15.2. The summed E-state index contributed by atoms with van der Waals surface area (Å²) in [6, 6.07) is 19.1. The first-order chi connectivity index (χ1) is 20.0. The van der Waals surface area contributed by atoms with Gasteiger partial charge in [-0.25, -0.2) is 13.1 Å². The Bertz CT molecular complexity index is 1620. The SMILES string of the molecule is C=C/C(Br)=C(/C)N(C)/C(=C\C(=C)c1ccccc1O)NCc1cccc(CNS(=O)(=O)c2ccc(OC)c(OC)c2)c1. The van der Waals surface area contributed by atoms with Crippen LogP contribution in [0.15, 0.2) is 113 Å². The molecular formula is C32H36BrN3O5S. The number of hydrogen-bond acceptors (Lipinski definition) is 7. The lowest BCUT2D eigenvalue weighted by atomic mass is 10.1. The molecule has 3 aromatic rings. The number of aromatic hydroxyl groups is 1. The van der Waals surface area contributed by atoms with Crippen molar-refractivity contribution in [2.75, 3.05) is 21.3 Å². The topological polar surface area (TPSA) is 100 Å². The lowest BCUT2D eigenvalue weighted by Crippen LogP contribution is -2.28. The third-order valence-electron chi connectivity index (χ3n) is 6.55. The summed E-state index contributed by atoms with van der Waals surface area (Å²) >= 11 is 3.54. The van der Waals surface area contributed by atoms with Crippen LogP contribution >= 0.6 is 15.9 Å². The smallest absolute Gasteiger partial charge is 0.241 e. The minimum atomic E-state index is -3.79. The first-order valence-electron chi connectivity index (χ1n) is 13.0. The fourth-order valence-electron chi connectivity index (χ4n) is 4.03. The number of ether oxygens (including phenoxy) is 2. The van der Waals surface area contributed by atoms with Gasteiger partial charge in [-0.15, -0.1) is 0 Å². The van der Waals surface area contributed by atoms with Crippen LogP contribution < -0.4 is 19.5 Å². The molecule has 0 atom stereocenters. The zero-order chi connectivity index (χ0) is 30.9. The van der Waals surface area contributed by atoms with Crippen LogP contribution in [0.1, 0.15) is 23.6 Å². The standard InChI is InChI=1S/C32H36BrN3O5S/c1-7-28(33)23(3)36(4)32(17-22(2)27-13-8-9-14-29(27)37)34-20-24-11-10-12-25(18-24)21-35-42(38,39)26-15-16-30(40-5)31(19-26)41-6/h7-19,34-35,37H,1-2,20-21H2,3-6H3/b28-23+,32-17-. The number of phenolic OH excluding ortho intramolecular Hbond substituents is 1. The Hall–Kier alpha value is -3.99. The van der Waals surface area contributed by atoms with E-state index in [1.165, 1.54) is 26.4 Å². The van der Waals surface area contributed by atoms with Crippen molar-refractivity contribution >= 4 is 31.5 Å². The van der Waals surface area contributed by atoms with Crippen LogP contribution in [0.3, 0.4) is 0 Å². The minimum Gasteiger partial charge on any atom is -0.507 e. The van der Waals surface area contributed by atoms with Crippen LogP contribution in [-0.4, -0.2) is 39.7 Å². The van der Waals surface area contributed by atoms with E-state index in [2.05, 4.69) is 39.1 Å². The molecule has 0 aliphatic carbocycles. The van der Waals surface area contributed by atoms with Crippen LogP contribution in [0, 0.1) is 0 Å². The maximum Gasteiger partial charge on any atom is 0.241 e. The van der Waals surface area contributed by atoms with E-state index in [0.717, 1.165) is 27.1 Å². The number of rotatable bonds is 14. The van der Waals surface area contributed by atoms with Crippen molar-refractivity contribution in [2.24, 2.45) is 0 Å². The molecule has 10 heteroatoms. The Balaban J connectivity index is 1.79. The third-order valence-corrected chi connectivity index (χ3v) is 8.84. The highest BCUT2D eigenvalue weighted by Crippen LogP contribution is 2.30. The molecule has 0 aromatic heterocycles. The van der Waals surface area contributed by atoms with Gasteiger partial charge in [0.15, 0.2) is 11.5 Å². The maximum absolute atomic E-state index is 13.0. The number of nitrogens with one attached hydrogen (secondary N) is 2. The highest BCUT2D eigenvalue weighted by molar-refractivity contribution is 9.11. The molecule has 0 aliphatic rings. The van der Waals surface area contributed by atoms with Crippen LogP contribution in [0.5, 0.6) is 17.2 Å². The Morgan fingerprint density at radius 3 is 2.31 bits per heavy atom. The number of allylic oxidation sites excluding steroid dienone is 5. The van der Waals surface area contributed by atoms with Gasteiger partial charge in [-0.2, -0.15) is 0 Å². The van der Waals surface area contributed by atoms with Crippen LogP contribution in [0.25, 0.3) is 5.57 Å². The van der Waals surface area contributed by atoms with E-state index >= 15 is 0 Å². The average molecular weight is 655 g/mol. The fraction of sp³-hybridized carbons (Fsp3) is 0.188. The van der Waals surface area contributed by atoms with Crippen molar-refractivity contribution < 1.29 is 23.0 Å². The third kappa shape index (κ3) is 8.28. The first kappa shape index (κ1) is 32.5. The van der Waals surface area contributed by atoms with Crippen molar-refractivity contribution in [1.29, 1.82) is 0 Å². The quantitative estimate of drug-likeness (QED) is 0.176. The van der Waals surface area contributed by atoms with Crippen molar-refractivity contribution in [3.05, 3.63) is 125 Å². The fourth-order valence-corrected chi connectivity index (χ4v) is 5.33. The number of para-hydroxylation sites is 1. The van der Waals surface area contributed by atoms with E-state index < -0.39 is 10.0 Å². The molecule has 3 aromatic carbocycles. The monoisotopic (exact) mass is 653 g/mol. The molecule has 8 nitrogen and oxygen atoms in total. The summed E-state index contributed by atoms with van der Waals surface area (Å²) in [5.74, 6) is 1.66. The Morgan fingerprint density at radius 1 is 1.00 bits per heavy atom. The van der Waals surface area contributed by atoms with Gasteiger partial charge in [-0.3, -0.25) is 0 Å². The molecule has 0 aliphatic heterocycles. The van der Waals surface area contributed by atoms with E-state index in [9.17, 15) is 13.5 Å². The van der Waals surface area contributed by atoms with E-state index in [-0.39, 0.29) is 17.2 Å². The predicted octanol–water partition coefficient (Wildman–Crippen LogP) is 6.28. The van der Waals surface area contributed by atoms with Crippen molar-refractivity contribution in [1.82, 2.24) is 14.9 Å². The van der Waals surface area contributed by atoms with Crippen molar-refractivity contribution in [3.63, 3.8) is 0 Å². The Kier molecular flexibility index (Phi) is 11.4. The summed E-state index contributed by atoms with van der Waals surface area (Å²) in [5.41, 5.74) is 3.89. The van der Waals surface area contributed by atoms with Gasteiger partial charge in [-0.05, 0) is 63.8 Å². The lowest BCUT2D eigenvalue weighted by molar-refractivity contribution is 0.354.